The predicted octanol–water partition coefficient (Wildman–Crippen LogP) is 2.94. The molecule has 2 saturated heterocycles. The summed E-state index contributed by atoms with van der Waals surface area (Å²) in [6.07, 6.45) is -0.537. The normalized spacial score (nSPS) is 21.8. The van der Waals surface area contributed by atoms with Crippen molar-refractivity contribution in [1.29, 1.82) is 0 Å². The van der Waals surface area contributed by atoms with E-state index in [1.54, 1.807) is 36.2 Å². The van der Waals surface area contributed by atoms with Crippen LogP contribution in [0.1, 0.15) is 48.0 Å². The summed E-state index contributed by atoms with van der Waals surface area (Å²) in [7, 11) is 3.87. The number of hydrogen-bond acceptors (Lipinski definition) is 8. The zero-order chi connectivity index (χ0) is 30.7. The molecule has 11 nitrogen and oxygen atoms in total. The van der Waals surface area contributed by atoms with Crippen LogP contribution in [0.2, 0.25) is 0 Å². The van der Waals surface area contributed by atoms with Crippen LogP contribution in [0.5, 0.6) is 0 Å². The zero-order valence-corrected chi connectivity index (χ0v) is 24.3. The van der Waals surface area contributed by atoms with Crippen molar-refractivity contribution in [2.75, 3.05) is 57.5 Å². The van der Waals surface area contributed by atoms with Crippen molar-refractivity contribution >= 4 is 35.2 Å². The number of amides is 3. The highest BCUT2D eigenvalue weighted by Gasteiger charge is 2.40. The summed E-state index contributed by atoms with van der Waals surface area (Å²) in [5.74, 6) is -1.65. The molecule has 5 rings (SSSR count). The number of carbonyl (C=O) groups is 3. The Bertz CT molecular complexity index is 1330. The number of anilines is 3. The minimum Gasteiger partial charge on any atom is -0.366 e. The quantitative estimate of drug-likeness (QED) is 0.442. The van der Waals surface area contributed by atoms with Crippen molar-refractivity contribution in [1.82, 2.24) is 30.0 Å². The molecule has 14 heteroatoms. The lowest BCUT2D eigenvalue weighted by atomic mass is 10.0. The van der Waals surface area contributed by atoms with Gasteiger partial charge in [0, 0.05) is 49.7 Å². The first-order valence-electron chi connectivity index (χ1n) is 14.6. The lowest BCUT2D eigenvalue weighted by Gasteiger charge is -2.35. The van der Waals surface area contributed by atoms with E-state index in [4.69, 9.17) is 0 Å². The molecular formula is C29H37F3N8O3. The Labute approximate surface area is 248 Å². The van der Waals surface area contributed by atoms with Gasteiger partial charge in [-0.05, 0) is 70.1 Å². The Balaban J connectivity index is 1.28. The first kappa shape index (κ1) is 30.5. The molecule has 232 valence electrons. The van der Waals surface area contributed by atoms with Crippen LogP contribution in [-0.4, -0.2) is 101 Å². The highest BCUT2D eigenvalue weighted by Crippen LogP contribution is 2.37. The van der Waals surface area contributed by atoms with Gasteiger partial charge in [0.1, 0.15) is 11.4 Å². The molecule has 1 saturated carbocycles. The van der Waals surface area contributed by atoms with Crippen molar-refractivity contribution in [3.63, 3.8) is 0 Å². The largest absolute Gasteiger partial charge is 0.421 e. The average molecular weight is 603 g/mol. The second-order valence-corrected chi connectivity index (χ2v) is 11.5. The van der Waals surface area contributed by atoms with Gasteiger partial charge >= 0.3 is 6.18 Å². The van der Waals surface area contributed by atoms with Gasteiger partial charge in [-0.3, -0.25) is 14.4 Å². The van der Waals surface area contributed by atoms with Gasteiger partial charge < -0.3 is 30.7 Å². The SMILES string of the molecule is CN1CCC(N(C)C(=O)c2ccc(Nc3ncc(C(F)(F)F)c(NC4CCC[C@@H]4C(=O)N4CCNC(=O)C4)n3)cc2)CC1. The lowest BCUT2D eigenvalue weighted by Crippen LogP contribution is -2.52. The molecule has 2 atom stereocenters. The summed E-state index contributed by atoms with van der Waals surface area (Å²) in [4.78, 5) is 51.5. The van der Waals surface area contributed by atoms with Crippen molar-refractivity contribution in [3.05, 3.63) is 41.6 Å². The van der Waals surface area contributed by atoms with Gasteiger partial charge in [-0.25, -0.2) is 4.98 Å². The monoisotopic (exact) mass is 602 g/mol. The number of likely N-dealkylation sites (tertiary alicyclic amines) is 1. The maximum absolute atomic E-state index is 13.9. The number of halogens is 3. The van der Waals surface area contributed by atoms with E-state index in [0.717, 1.165) is 25.9 Å². The van der Waals surface area contributed by atoms with Crippen molar-refractivity contribution in [3.8, 4) is 0 Å². The molecule has 0 spiro atoms. The number of hydrogen-bond donors (Lipinski definition) is 3. The first-order chi connectivity index (χ1) is 20.5. The molecule has 0 bridgehead atoms. The highest BCUT2D eigenvalue weighted by molar-refractivity contribution is 5.94. The molecule has 0 radical (unpaired) electrons. The van der Waals surface area contributed by atoms with Crippen molar-refractivity contribution in [2.45, 2.75) is 50.4 Å². The molecule has 1 aromatic heterocycles. The Morgan fingerprint density at radius 2 is 1.79 bits per heavy atom. The van der Waals surface area contributed by atoms with Crippen molar-refractivity contribution < 1.29 is 27.6 Å². The molecule has 1 unspecified atom stereocenters. The maximum Gasteiger partial charge on any atom is 0.421 e. The standard InChI is InChI=1S/C29H37F3N8O3/c1-38-13-10-20(11-14-38)39(2)26(42)18-6-8-19(9-7-18)35-28-34-16-22(29(30,31)32)25(37-28)36-23-5-3-4-21(23)27(43)40-15-12-33-24(41)17-40/h6-9,16,20-21,23H,3-5,10-15,17H2,1-2H3,(H,33,41)(H2,34,35,36,37)/t21-,23?/m0/s1. The van der Waals surface area contributed by atoms with Gasteiger partial charge in [0.15, 0.2) is 0 Å². The zero-order valence-electron chi connectivity index (χ0n) is 24.3. The number of benzene rings is 1. The molecule has 1 aliphatic carbocycles. The van der Waals surface area contributed by atoms with Crippen LogP contribution in [0, 0.1) is 5.92 Å². The van der Waals surface area contributed by atoms with Gasteiger partial charge in [-0.2, -0.15) is 18.2 Å². The van der Waals surface area contributed by atoms with Crippen LogP contribution in [0.25, 0.3) is 0 Å². The smallest absolute Gasteiger partial charge is 0.366 e. The van der Waals surface area contributed by atoms with Gasteiger partial charge in [-0.15, -0.1) is 0 Å². The summed E-state index contributed by atoms with van der Waals surface area (Å²) < 4.78 is 41.7. The third kappa shape index (κ3) is 7.17. The third-order valence-electron chi connectivity index (χ3n) is 8.54. The third-order valence-corrected chi connectivity index (χ3v) is 8.54. The molecular weight excluding hydrogens is 565 g/mol. The topological polar surface area (TPSA) is 123 Å². The minimum atomic E-state index is -4.72. The van der Waals surface area contributed by atoms with E-state index in [-0.39, 0.29) is 36.3 Å². The van der Waals surface area contributed by atoms with E-state index in [0.29, 0.717) is 49.8 Å². The number of aromatic nitrogens is 2. The molecule has 1 aromatic carbocycles. The van der Waals surface area contributed by atoms with E-state index in [1.807, 2.05) is 0 Å². The van der Waals surface area contributed by atoms with Gasteiger partial charge in [0.25, 0.3) is 5.91 Å². The molecule has 3 fully saturated rings. The second-order valence-electron chi connectivity index (χ2n) is 11.5. The highest BCUT2D eigenvalue weighted by atomic mass is 19.4. The lowest BCUT2D eigenvalue weighted by molar-refractivity contribution is -0.141. The Morgan fingerprint density at radius 3 is 2.47 bits per heavy atom. The predicted molar refractivity (Wildman–Crippen MR) is 154 cm³/mol. The van der Waals surface area contributed by atoms with Crippen LogP contribution < -0.4 is 16.0 Å². The van der Waals surface area contributed by atoms with Gasteiger partial charge in [-0.1, -0.05) is 6.42 Å². The summed E-state index contributed by atoms with van der Waals surface area (Å²) in [6, 6.07) is 6.23. The van der Waals surface area contributed by atoms with Crippen LogP contribution >= 0.6 is 0 Å². The molecule has 3 heterocycles. The second kappa shape index (κ2) is 12.7. The summed E-state index contributed by atoms with van der Waals surface area (Å²) in [6.45, 7) is 2.52. The van der Waals surface area contributed by atoms with Gasteiger partial charge in [0.2, 0.25) is 17.8 Å². The number of rotatable bonds is 7. The summed E-state index contributed by atoms with van der Waals surface area (Å²) in [5.41, 5.74) is -0.0290. The van der Waals surface area contributed by atoms with Crippen LogP contribution in [0.15, 0.2) is 30.5 Å². The number of piperazine rings is 1. The molecule has 3 amide bonds. The van der Waals surface area contributed by atoms with E-state index in [2.05, 4.69) is 37.9 Å². The molecule has 2 aromatic rings. The molecule has 2 aliphatic heterocycles. The Hall–Kier alpha value is -3.94. The van der Waals surface area contributed by atoms with E-state index < -0.39 is 29.5 Å². The fourth-order valence-electron chi connectivity index (χ4n) is 6.00. The average Bonchev–Trinajstić information content (AvgIpc) is 3.44. The van der Waals surface area contributed by atoms with Gasteiger partial charge in [0.05, 0.1) is 12.5 Å². The van der Waals surface area contributed by atoms with E-state index >= 15 is 0 Å². The number of nitrogens with one attached hydrogen (secondary N) is 3. The minimum absolute atomic E-state index is 0.0592. The fraction of sp³-hybridized carbons (Fsp3) is 0.552. The summed E-state index contributed by atoms with van der Waals surface area (Å²) >= 11 is 0. The first-order valence-corrected chi connectivity index (χ1v) is 14.6. The number of nitrogens with zero attached hydrogens (tertiary/aromatic N) is 5. The van der Waals surface area contributed by atoms with E-state index in [9.17, 15) is 27.6 Å². The van der Waals surface area contributed by atoms with Crippen LogP contribution in [0.4, 0.5) is 30.6 Å². The Kier molecular flexibility index (Phi) is 9.04. The number of piperidine rings is 1. The fourth-order valence-corrected chi connectivity index (χ4v) is 6.00. The summed E-state index contributed by atoms with van der Waals surface area (Å²) in [5, 5.41) is 8.47. The molecule has 43 heavy (non-hydrogen) atoms. The van der Waals surface area contributed by atoms with Crippen LogP contribution in [-0.2, 0) is 15.8 Å². The van der Waals surface area contributed by atoms with E-state index in [1.165, 1.54) is 4.90 Å². The number of alkyl halides is 3. The number of carbonyl (C=O) groups excluding carboxylic acids is 3. The van der Waals surface area contributed by atoms with Crippen molar-refractivity contribution in [2.24, 2.45) is 5.92 Å². The Morgan fingerprint density at radius 1 is 1.07 bits per heavy atom. The maximum atomic E-state index is 13.9. The molecule has 3 aliphatic rings. The van der Waals surface area contributed by atoms with Crippen LogP contribution in [0.3, 0.4) is 0 Å². The molecule has 3 N–H and O–H groups in total.